The minimum Gasteiger partial charge on any atom is -0.506 e. The van der Waals surface area contributed by atoms with Crippen LogP contribution in [0.5, 0.6) is 11.5 Å². The molecule has 5 heteroatoms. The van der Waals surface area contributed by atoms with Crippen LogP contribution < -0.4 is 10.5 Å². The summed E-state index contributed by atoms with van der Waals surface area (Å²) in [6.07, 6.45) is 0. The van der Waals surface area contributed by atoms with Crippen LogP contribution in [0.4, 0.5) is 11.4 Å². The Morgan fingerprint density at radius 1 is 1.11 bits per heavy atom. The molecule has 0 aromatic heterocycles. The molecule has 2 aromatic carbocycles. The van der Waals surface area contributed by atoms with Gasteiger partial charge in [0.15, 0.2) is 0 Å². The first-order valence-corrected chi connectivity index (χ1v) is 5.84. The second-order valence-electron chi connectivity index (χ2n) is 3.97. The van der Waals surface area contributed by atoms with Gasteiger partial charge in [0, 0.05) is 0 Å². The molecule has 0 fully saturated rings. The highest BCUT2D eigenvalue weighted by Gasteiger charge is 2.03. The number of ether oxygens (including phenoxy) is 1. The van der Waals surface area contributed by atoms with Crippen LogP contribution in [0.25, 0.3) is 0 Å². The van der Waals surface area contributed by atoms with Crippen molar-refractivity contribution in [2.45, 2.75) is 6.92 Å². The van der Waals surface area contributed by atoms with Gasteiger partial charge in [0.2, 0.25) is 0 Å². The molecule has 5 nitrogen and oxygen atoms in total. The first kappa shape index (κ1) is 13.0. The van der Waals surface area contributed by atoms with Crippen LogP contribution in [-0.4, -0.2) is 11.8 Å². The van der Waals surface area contributed by atoms with E-state index in [9.17, 15) is 5.11 Å². The summed E-state index contributed by atoms with van der Waals surface area (Å²) in [5.41, 5.74) is 7.33. The molecule has 0 unspecified atom stereocenters. The maximum absolute atomic E-state index is 9.68. The summed E-state index contributed by atoms with van der Waals surface area (Å²) in [6, 6.07) is 12.3. The molecule has 0 atom stereocenters. The minimum atomic E-state index is 0.0717. The molecular weight excluding hydrogens is 242 g/mol. The third-order valence-electron chi connectivity index (χ3n) is 2.50. The molecule has 2 aromatic rings. The smallest absolute Gasteiger partial charge is 0.148 e. The molecule has 0 saturated heterocycles. The van der Waals surface area contributed by atoms with E-state index in [1.54, 1.807) is 30.3 Å². The van der Waals surface area contributed by atoms with Gasteiger partial charge in [-0.15, -0.1) is 10.2 Å². The number of nitrogens with zero attached hydrogens (tertiary/aromatic N) is 2. The van der Waals surface area contributed by atoms with Crippen molar-refractivity contribution >= 4 is 11.4 Å². The van der Waals surface area contributed by atoms with Gasteiger partial charge in [-0.25, -0.2) is 0 Å². The van der Waals surface area contributed by atoms with Gasteiger partial charge in [-0.3, -0.25) is 5.73 Å². The van der Waals surface area contributed by atoms with Gasteiger partial charge in [0.1, 0.15) is 29.6 Å². The summed E-state index contributed by atoms with van der Waals surface area (Å²) in [5.74, 6) is 0.646. The van der Waals surface area contributed by atoms with Gasteiger partial charge in [-0.05, 0) is 36.8 Å². The van der Waals surface area contributed by atoms with Crippen molar-refractivity contribution < 1.29 is 9.84 Å². The lowest BCUT2D eigenvalue weighted by molar-refractivity contribution is 0.330. The van der Waals surface area contributed by atoms with E-state index in [1.807, 2.05) is 19.1 Å². The molecule has 98 valence electrons. The maximum Gasteiger partial charge on any atom is 0.148 e. The summed E-state index contributed by atoms with van der Waals surface area (Å²) in [5, 5.41) is 17.8. The van der Waals surface area contributed by atoms with E-state index in [-0.39, 0.29) is 12.5 Å². The Morgan fingerprint density at radius 2 is 1.84 bits per heavy atom. The number of rotatable bonds is 4. The normalized spacial score (nSPS) is 10.8. The first-order chi connectivity index (χ1) is 9.20. The molecule has 0 aliphatic heterocycles. The predicted molar refractivity (Wildman–Crippen MR) is 73.1 cm³/mol. The third kappa shape index (κ3) is 3.29. The quantitative estimate of drug-likeness (QED) is 0.650. The number of hydrogen-bond donors (Lipinski definition) is 2. The second kappa shape index (κ2) is 5.97. The number of para-hydroxylation sites is 1. The fourth-order valence-corrected chi connectivity index (χ4v) is 1.57. The predicted octanol–water partition coefficient (Wildman–Crippen LogP) is 3.41. The number of benzene rings is 2. The lowest BCUT2D eigenvalue weighted by Gasteiger charge is -2.05. The number of aryl methyl sites for hydroxylation is 1. The average molecular weight is 257 g/mol. The fraction of sp³-hybridized carbons (Fsp3) is 0.143. The Bertz CT molecular complexity index is 597. The number of phenolic OH excluding ortho intramolecular Hbond substituents is 1. The zero-order valence-electron chi connectivity index (χ0n) is 10.6. The zero-order chi connectivity index (χ0) is 13.7. The lowest BCUT2D eigenvalue weighted by atomic mass is 10.2. The van der Waals surface area contributed by atoms with Gasteiger partial charge in [0.25, 0.3) is 0 Å². The molecule has 0 aliphatic rings. The number of nitrogens with two attached hydrogens (primary N) is 1. The molecule has 0 saturated carbocycles. The molecule has 0 aliphatic carbocycles. The van der Waals surface area contributed by atoms with E-state index in [2.05, 4.69) is 10.2 Å². The van der Waals surface area contributed by atoms with Crippen molar-refractivity contribution in [3.05, 3.63) is 48.0 Å². The van der Waals surface area contributed by atoms with Crippen LogP contribution >= 0.6 is 0 Å². The van der Waals surface area contributed by atoms with Gasteiger partial charge in [0.05, 0.1) is 0 Å². The Hall–Kier alpha value is -2.40. The van der Waals surface area contributed by atoms with Crippen LogP contribution in [0, 0.1) is 6.92 Å². The van der Waals surface area contributed by atoms with Crippen molar-refractivity contribution in [1.29, 1.82) is 0 Å². The van der Waals surface area contributed by atoms with Crippen molar-refractivity contribution in [3.63, 3.8) is 0 Å². The Labute approximate surface area is 111 Å². The van der Waals surface area contributed by atoms with E-state index in [1.165, 1.54) is 0 Å². The van der Waals surface area contributed by atoms with E-state index >= 15 is 0 Å². The van der Waals surface area contributed by atoms with Gasteiger partial charge < -0.3 is 9.84 Å². The van der Waals surface area contributed by atoms with E-state index in [0.717, 1.165) is 5.56 Å². The number of phenols is 1. The lowest BCUT2D eigenvalue weighted by Crippen LogP contribution is -2.07. The second-order valence-corrected chi connectivity index (χ2v) is 3.97. The molecule has 0 heterocycles. The summed E-state index contributed by atoms with van der Waals surface area (Å²) >= 11 is 0. The Balaban J connectivity index is 2.29. The molecule has 0 spiro atoms. The van der Waals surface area contributed by atoms with Crippen LogP contribution in [0.2, 0.25) is 0 Å². The molecule has 19 heavy (non-hydrogen) atoms. The number of hydrogen-bond acceptors (Lipinski definition) is 5. The average Bonchev–Trinajstić information content (AvgIpc) is 2.42. The summed E-state index contributed by atoms with van der Waals surface area (Å²) in [4.78, 5) is 0. The summed E-state index contributed by atoms with van der Waals surface area (Å²) < 4.78 is 5.24. The summed E-state index contributed by atoms with van der Waals surface area (Å²) in [7, 11) is 0. The van der Waals surface area contributed by atoms with Crippen molar-refractivity contribution in [2.75, 3.05) is 6.73 Å². The minimum absolute atomic E-state index is 0.0717. The Morgan fingerprint density at radius 3 is 2.63 bits per heavy atom. The van der Waals surface area contributed by atoms with Crippen LogP contribution in [0.1, 0.15) is 5.56 Å². The molecular formula is C14H15N3O2. The first-order valence-electron chi connectivity index (χ1n) is 5.84. The third-order valence-corrected chi connectivity index (χ3v) is 2.50. The van der Waals surface area contributed by atoms with Crippen LogP contribution in [0.15, 0.2) is 52.7 Å². The molecule has 0 radical (unpaired) electrons. The van der Waals surface area contributed by atoms with Crippen molar-refractivity contribution in [2.24, 2.45) is 16.0 Å². The largest absolute Gasteiger partial charge is 0.506 e. The highest BCUT2D eigenvalue weighted by molar-refractivity contribution is 5.54. The molecule has 0 amide bonds. The standard InChI is InChI=1S/C14H15N3O2/c1-10-6-7-13(18)12(8-10)17-16-11-4-2-3-5-14(11)19-9-15/h2-8,18H,9,15H2,1H3. The molecule has 2 rings (SSSR count). The van der Waals surface area contributed by atoms with Gasteiger partial charge in [-0.1, -0.05) is 18.2 Å². The fourth-order valence-electron chi connectivity index (χ4n) is 1.57. The molecule has 3 N–H and O–H groups in total. The monoisotopic (exact) mass is 257 g/mol. The highest BCUT2D eigenvalue weighted by Crippen LogP contribution is 2.32. The molecule has 0 bridgehead atoms. The number of aromatic hydroxyl groups is 1. The van der Waals surface area contributed by atoms with Crippen LogP contribution in [0.3, 0.4) is 0 Å². The topological polar surface area (TPSA) is 80.2 Å². The van der Waals surface area contributed by atoms with Gasteiger partial charge in [-0.2, -0.15) is 0 Å². The van der Waals surface area contributed by atoms with E-state index in [4.69, 9.17) is 10.5 Å². The van der Waals surface area contributed by atoms with E-state index < -0.39 is 0 Å². The van der Waals surface area contributed by atoms with Crippen molar-refractivity contribution in [3.8, 4) is 11.5 Å². The van der Waals surface area contributed by atoms with Crippen LogP contribution in [-0.2, 0) is 0 Å². The Kier molecular flexibility index (Phi) is 4.10. The number of azo groups is 1. The van der Waals surface area contributed by atoms with Gasteiger partial charge >= 0.3 is 0 Å². The maximum atomic E-state index is 9.68. The SMILES string of the molecule is Cc1ccc(O)c(N=Nc2ccccc2OCN)c1. The van der Waals surface area contributed by atoms with Crippen molar-refractivity contribution in [1.82, 2.24) is 0 Å². The van der Waals surface area contributed by atoms with E-state index in [0.29, 0.717) is 17.1 Å². The zero-order valence-corrected chi connectivity index (χ0v) is 10.6. The summed E-state index contributed by atoms with van der Waals surface area (Å²) in [6.45, 7) is 1.99. The highest BCUT2D eigenvalue weighted by atomic mass is 16.5.